The van der Waals surface area contributed by atoms with Gasteiger partial charge in [0.2, 0.25) is 17.6 Å². The molecule has 1 aromatic rings. The van der Waals surface area contributed by atoms with Gasteiger partial charge < -0.3 is 24.4 Å². The molecule has 1 N–H and O–H groups in total. The minimum absolute atomic E-state index is 0.0519. The average molecular weight is 392 g/mol. The van der Waals surface area contributed by atoms with Crippen molar-refractivity contribution in [3.63, 3.8) is 0 Å². The van der Waals surface area contributed by atoms with Gasteiger partial charge >= 0.3 is 0 Å². The van der Waals surface area contributed by atoms with Gasteiger partial charge in [-0.1, -0.05) is 13.8 Å². The van der Waals surface area contributed by atoms with Crippen molar-refractivity contribution in [1.82, 2.24) is 4.90 Å². The van der Waals surface area contributed by atoms with Crippen LogP contribution in [0.4, 0.5) is 5.69 Å². The van der Waals surface area contributed by atoms with Gasteiger partial charge in [-0.25, -0.2) is 0 Å². The molecule has 28 heavy (non-hydrogen) atoms. The van der Waals surface area contributed by atoms with Gasteiger partial charge in [0.15, 0.2) is 11.5 Å². The van der Waals surface area contributed by atoms with E-state index >= 15 is 0 Å². The number of piperidine rings is 1. The van der Waals surface area contributed by atoms with E-state index < -0.39 is 0 Å². The SMILES string of the molecule is CCC(CC)C(=O)N1CCC(C(=O)Nc2cc(OC)c(OC)c(OC)c2)CC1. The lowest BCUT2D eigenvalue weighted by atomic mass is 9.93. The predicted molar refractivity (Wildman–Crippen MR) is 108 cm³/mol. The van der Waals surface area contributed by atoms with Gasteiger partial charge in [0.1, 0.15) is 0 Å². The van der Waals surface area contributed by atoms with Crippen LogP contribution in [0.2, 0.25) is 0 Å². The summed E-state index contributed by atoms with van der Waals surface area (Å²) in [6.07, 6.45) is 3.05. The molecule has 1 aromatic carbocycles. The van der Waals surface area contributed by atoms with Crippen LogP contribution in [-0.2, 0) is 9.59 Å². The number of rotatable bonds is 8. The third kappa shape index (κ3) is 4.88. The zero-order valence-electron chi connectivity index (χ0n) is 17.5. The summed E-state index contributed by atoms with van der Waals surface area (Å²) in [7, 11) is 4.61. The Bertz CT molecular complexity index is 654. The molecule has 0 radical (unpaired) electrons. The number of hydrogen-bond acceptors (Lipinski definition) is 5. The van der Waals surface area contributed by atoms with E-state index in [0.717, 1.165) is 12.8 Å². The van der Waals surface area contributed by atoms with Crippen molar-refractivity contribution < 1.29 is 23.8 Å². The van der Waals surface area contributed by atoms with Gasteiger partial charge in [0, 0.05) is 42.7 Å². The maximum Gasteiger partial charge on any atom is 0.227 e. The van der Waals surface area contributed by atoms with Gasteiger partial charge in [-0.15, -0.1) is 0 Å². The van der Waals surface area contributed by atoms with Crippen LogP contribution in [0.15, 0.2) is 12.1 Å². The smallest absolute Gasteiger partial charge is 0.227 e. The number of nitrogens with one attached hydrogen (secondary N) is 1. The van der Waals surface area contributed by atoms with Crippen molar-refractivity contribution >= 4 is 17.5 Å². The Hall–Kier alpha value is -2.44. The number of methoxy groups -OCH3 is 3. The van der Waals surface area contributed by atoms with Crippen LogP contribution in [0.5, 0.6) is 17.2 Å². The van der Waals surface area contributed by atoms with Crippen molar-refractivity contribution in [3.8, 4) is 17.2 Å². The monoisotopic (exact) mass is 392 g/mol. The second-order valence-corrected chi connectivity index (χ2v) is 7.02. The number of carbonyl (C=O) groups excluding carboxylic acids is 2. The van der Waals surface area contributed by atoms with E-state index in [4.69, 9.17) is 14.2 Å². The van der Waals surface area contributed by atoms with Gasteiger partial charge in [0.25, 0.3) is 0 Å². The van der Waals surface area contributed by atoms with Crippen LogP contribution in [0.25, 0.3) is 0 Å². The van der Waals surface area contributed by atoms with Crippen LogP contribution < -0.4 is 19.5 Å². The third-order valence-electron chi connectivity index (χ3n) is 5.44. The molecule has 156 valence electrons. The number of carbonyl (C=O) groups is 2. The van der Waals surface area contributed by atoms with Gasteiger partial charge in [-0.2, -0.15) is 0 Å². The summed E-state index contributed by atoms with van der Waals surface area (Å²) < 4.78 is 16.0. The first-order chi connectivity index (χ1) is 13.5. The quantitative estimate of drug-likeness (QED) is 0.734. The standard InChI is InChI=1S/C21H32N2O5/c1-6-14(7-2)21(25)23-10-8-15(9-11-23)20(24)22-16-12-17(26-3)19(28-5)18(13-16)27-4/h12-15H,6-11H2,1-5H3,(H,22,24). The van der Waals surface area contributed by atoms with E-state index in [1.54, 1.807) is 12.1 Å². The van der Waals surface area contributed by atoms with E-state index in [1.165, 1.54) is 21.3 Å². The van der Waals surface area contributed by atoms with Gasteiger partial charge in [0.05, 0.1) is 21.3 Å². The van der Waals surface area contributed by atoms with E-state index in [2.05, 4.69) is 5.32 Å². The highest BCUT2D eigenvalue weighted by atomic mass is 16.5. The molecule has 7 heteroatoms. The van der Waals surface area contributed by atoms with Crippen LogP contribution in [0.3, 0.4) is 0 Å². The number of anilines is 1. The summed E-state index contributed by atoms with van der Waals surface area (Å²) in [6.45, 7) is 5.35. The molecule has 0 spiro atoms. The summed E-state index contributed by atoms with van der Waals surface area (Å²) in [5, 5.41) is 2.94. The van der Waals surface area contributed by atoms with Gasteiger partial charge in [-0.3, -0.25) is 9.59 Å². The topological polar surface area (TPSA) is 77.1 Å². The second kappa shape index (κ2) is 10.2. The van der Waals surface area contributed by atoms with E-state index in [-0.39, 0.29) is 23.7 Å². The minimum Gasteiger partial charge on any atom is -0.493 e. The largest absolute Gasteiger partial charge is 0.493 e. The first-order valence-electron chi connectivity index (χ1n) is 9.88. The Morgan fingerprint density at radius 1 is 1.04 bits per heavy atom. The zero-order valence-corrected chi connectivity index (χ0v) is 17.5. The zero-order chi connectivity index (χ0) is 20.7. The van der Waals surface area contributed by atoms with Crippen molar-refractivity contribution in [2.75, 3.05) is 39.7 Å². The molecule has 1 saturated heterocycles. The Morgan fingerprint density at radius 3 is 2.00 bits per heavy atom. The van der Waals surface area contributed by atoms with Crippen molar-refractivity contribution in [2.24, 2.45) is 11.8 Å². The molecule has 0 aromatic heterocycles. The highest BCUT2D eigenvalue weighted by Crippen LogP contribution is 2.40. The number of amides is 2. The summed E-state index contributed by atoms with van der Waals surface area (Å²) in [4.78, 5) is 27.1. The van der Waals surface area contributed by atoms with Crippen molar-refractivity contribution in [1.29, 1.82) is 0 Å². The Morgan fingerprint density at radius 2 is 1.57 bits per heavy atom. The molecule has 2 amide bonds. The molecule has 0 bridgehead atoms. The minimum atomic E-state index is -0.121. The molecule has 1 heterocycles. The van der Waals surface area contributed by atoms with E-state index in [1.807, 2.05) is 18.7 Å². The first kappa shape index (κ1) is 21.9. The lowest BCUT2D eigenvalue weighted by Gasteiger charge is -2.33. The summed E-state index contributed by atoms with van der Waals surface area (Å²) in [6, 6.07) is 3.43. The Balaban J connectivity index is 2.00. The maximum atomic E-state index is 12.7. The van der Waals surface area contributed by atoms with Crippen molar-refractivity contribution in [3.05, 3.63) is 12.1 Å². The first-order valence-corrected chi connectivity index (χ1v) is 9.88. The summed E-state index contributed by atoms with van der Waals surface area (Å²) >= 11 is 0. The molecule has 1 aliphatic rings. The lowest BCUT2D eigenvalue weighted by Crippen LogP contribution is -2.43. The van der Waals surface area contributed by atoms with E-state index in [0.29, 0.717) is 48.9 Å². The molecule has 1 aliphatic heterocycles. The Labute approximate surface area is 167 Å². The maximum absolute atomic E-state index is 12.7. The Kier molecular flexibility index (Phi) is 7.96. The highest BCUT2D eigenvalue weighted by molar-refractivity contribution is 5.93. The summed E-state index contributed by atoms with van der Waals surface area (Å²) in [5.74, 6) is 1.59. The number of hydrogen-bond donors (Lipinski definition) is 1. The number of nitrogens with zero attached hydrogens (tertiary/aromatic N) is 1. The average Bonchev–Trinajstić information content (AvgIpc) is 2.73. The molecule has 0 unspecified atom stereocenters. The fourth-order valence-electron chi connectivity index (χ4n) is 3.66. The fourth-order valence-corrected chi connectivity index (χ4v) is 3.66. The number of likely N-dealkylation sites (tertiary alicyclic amines) is 1. The molecule has 2 rings (SSSR count). The highest BCUT2D eigenvalue weighted by Gasteiger charge is 2.30. The molecular formula is C21H32N2O5. The number of ether oxygens (including phenoxy) is 3. The summed E-state index contributed by atoms with van der Waals surface area (Å²) in [5.41, 5.74) is 0.593. The molecule has 1 fully saturated rings. The van der Waals surface area contributed by atoms with Gasteiger partial charge in [-0.05, 0) is 25.7 Å². The lowest BCUT2D eigenvalue weighted by molar-refractivity contribution is -0.138. The molecule has 0 atom stereocenters. The van der Waals surface area contributed by atoms with Crippen LogP contribution in [0, 0.1) is 11.8 Å². The van der Waals surface area contributed by atoms with E-state index in [9.17, 15) is 9.59 Å². The van der Waals surface area contributed by atoms with Crippen molar-refractivity contribution in [2.45, 2.75) is 39.5 Å². The third-order valence-corrected chi connectivity index (χ3v) is 5.44. The molecule has 7 nitrogen and oxygen atoms in total. The van der Waals surface area contributed by atoms with Crippen LogP contribution >= 0.6 is 0 Å². The van der Waals surface area contributed by atoms with Crippen LogP contribution in [-0.4, -0.2) is 51.1 Å². The normalized spacial score (nSPS) is 14.7. The second-order valence-electron chi connectivity index (χ2n) is 7.02. The fraction of sp³-hybridized carbons (Fsp3) is 0.619. The molecular weight excluding hydrogens is 360 g/mol. The molecule has 0 saturated carbocycles. The van der Waals surface area contributed by atoms with Crippen LogP contribution in [0.1, 0.15) is 39.5 Å². The predicted octanol–water partition coefficient (Wildman–Crippen LogP) is 3.33. The number of benzene rings is 1. The molecule has 0 aliphatic carbocycles.